The highest BCUT2D eigenvalue weighted by Crippen LogP contribution is 2.18. The minimum atomic E-state index is -2.58. The van der Waals surface area contributed by atoms with E-state index in [4.69, 9.17) is 0 Å². The summed E-state index contributed by atoms with van der Waals surface area (Å²) in [6.07, 6.45) is -2.58. The first-order valence-corrected chi connectivity index (χ1v) is 7.84. The number of anilines is 1. The number of nitrogens with one attached hydrogen (secondary N) is 2. The summed E-state index contributed by atoms with van der Waals surface area (Å²) in [7, 11) is 0. The number of piperazine rings is 1. The molecule has 1 heterocycles. The van der Waals surface area contributed by atoms with Gasteiger partial charge in [-0.1, -0.05) is 18.2 Å². The van der Waals surface area contributed by atoms with Gasteiger partial charge in [0.25, 0.3) is 6.43 Å². The predicted octanol–water partition coefficient (Wildman–Crippen LogP) is 1.74. The number of halogens is 2. The normalized spacial score (nSPS) is 15.4. The fourth-order valence-electron chi connectivity index (χ4n) is 2.58. The van der Waals surface area contributed by atoms with Crippen molar-refractivity contribution in [3.8, 4) is 0 Å². The molecular weight excluding hydrogens is 318 g/mol. The summed E-state index contributed by atoms with van der Waals surface area (Å²) in [5.41, 5.74) is 1.50. The van der Waals surface area contributed by atoms with Crippen molar-refractivity contribution in [2.45, 2.75) is 19.9 Å². The van der Waals surface area contributed by atoms with E-state index in [0.717, 1.165) is 18.7 Å². The molecule has 24 heavy (non-hydrogen) atoms. The van der Waals surface area contributed by atoms with Crippen LogP contribution in [0.3, 0.4) is 0 Å². The molecule has 6 nitrogen and oxygen atoms in total. The molecule has 2 rings (SSSR count). The maximum Gasteiger partial charge on any atom is 0.319 e. The molecule has 0 unspecified atom stereocenters. The van der Waals surface area contributed by atoms with Crippen LogP contribution in [0.1, 0.15) is 12.5 Å². The molecule has 0 spiro atoms. The van der Waals surface area contributed by atoms with Gasteiger partial charge < -0.3 is 15.5 Å². The third-order valence-electron chi connectivity index (χ3n) is 3.89. The fraction of sp³-hybridized carbons (Fsp3) is 0.500. The standard InChI is InChI=1S/C16H22F2N4O2/c1-12(23)22-8-6-21(7-9-22)11-13-4-2-3-5-14(13)20-16(24)19-10-15(17)18/h2-5,15H,6-11H2,1H3,(H2,19,20,24). The van der Waals surface area contributed by atoms with Crippen LogP contribution in [0, 0.1) is 0 Å². The number of urea groups is 1. The summed E-state index contributed by atoms with van der Waals surface area (Å²) in [5.74, 6) is 0.0763. The molecule has 1 aromatic rings. The lowest BCUT2D eigenvalue weighted by atomic mass is 10.1. The van der Waals surface area contributed by atoms with E-state index in [0.29, 0.717) is 25.3 Å². The molecular formula is C16H22F2N4O2. The summed E-state index contributed by atoms with van der Waals surface area (Å²) in [5, 5.41) is 4.73. The first-order valence-electron chi connectivity index (χ1n) is 7.84. The minimum Gasteiger partial charge on any atom is -0.340 e. The first-order chi connectivity index (χ1) is 11.5. The molecule has 3 amide bonds. The van der Waals surface area contributed by atoms with Crippen LogP contribution in [0.2, 0.25) is 0 Å². The summed E-state index contributed by atoms with van der Waals surface area (Å²) >= 11 is 0. The van der Waals surface area contributed by atoms with Crippen LogP contribution in [0.4, 0.5) is 19.3 Å². The zero-order chi connectivity index (χ0) is 17.5. The molecule has 0 bridgehead atoms. The maximum absolute atomic E-state index is 12.1. The molecule has 0 aromatic heterocycles. The lowest BCUT2D eigenvalue weighted by Gasteiger charge is -2.34. The SMILES string of the molecule is CC(=O)N1CCN(Cc2ccccc2NC(=O)NCC(F)F)CC1. The molecule has 0 aliphatic carbocycles. The smallest absolute Gasteiger partial charge is 0.319 e. The van der Waals surface area contributed by atoms with E-state index in [-0.39, 0.29) is 5.91 Å². The summed E-state index contributed by atoms with van der Waals surface area (Å²) in [4.78, 5) is 27.0. The van der Waals surface area contributed by atoms with E-state index in [9.17, 15) is 18.4 Å². The van der Waals surface area contributed by atoms with Crippen molar-refractivity contribution in [3.63, 3.8) is 0 Å². The highest BCUT2D eigenvalue weighted by Gasteiger charge is 2.19. The van der Waals surface area contributed by atoms with Crippen LogP contribution in [0.5, 0.6) is 0 Å². The number of hydrogen-bond donors (Lipinski definition) is 2. The molecule has 1 aromatic carbocycles. The molecule has 0 radical (unpaired) electrons. The Balaban J connectivity index is 1.92. The molecule has 1 fully saturated rings. The average Bonchev–Trinajstić information content (AvgIpc) is 2.55. The van der Waals surface area contributed by atoms with Crippen LogP contribution < -0.4 is 10.6 Å². The Morgan fingerprint density at radius 2 is 1.83 bits per heavy atom. The zero-order valence-corrected chi connectivity index (χ0v) is 13.6. The van der Waals surface area contributed by atoms with Crippen molar-refractivity contribution in [2.24, 2.45) is 0 Å². The van der Waals surface area contributed by atoms with Crippen LogP contribution in [-0.2, 0) is 11.3 Å². The fourth-order valence-corrected chi connectivity index (χ4v) is 2.58. The van der Waals surface area contributed by atoms with Gasteiger partial charge >= 0.3 is 6.03 Å². The third-order valence-corrected chi connectivity index (χ3v) is 3.89. The highest BCUT2D eigenvalue weighted by atomic mass is 19.3. The third kappa shape index (κ3) is 5.45. The van der Waals surface area contributed by atoms with Crippen LogP contribution >= 0.6 is 0 Å². The number of benzene rings is 1. The Morgan fingerprint density at radius 3 is 2.46 bits per heavy atom. The van der Waals surface area contributed by atoms with Crippen molar-refractivity contribution in [1.29, 1.82) is 0 Å². The molecule has 1 saturated heterocycles. The lowest BCUT2D eigenvalue weighted by molar-refractivity contribution is -0.130. The Labute approximate surface area is 139 Å². The largest absolute Gasteiger partial charge is 0.340 e. The second-order valence-corrected chi connectivity index (χ2v) is 5.67. The first kappa shape index (κ1) is 18.1. The van der Waals surface area contributed by atoms with Crippen molar-refractivity contribution in [3.05, 3.63) is 29.8 Å². The number of alkyl halides is 2. The van der Waals surface area contributed by atoms with Crippen LogP contribution in [0.15, 0.2) is 24.3 Å². The molecule has 132 valence electrons. The Bertz CT molecular complexity index is 575. The number of carbonyl (C=O) groups excluding carboxylic acids is 2. The van der Waals surface area contributed by atoms with E-state index < -0.39 is 19.0 Å². The quantitative estimate of drug-likeness (QED) is 0.858. The van der Waals surface area contributed by atoms with Gasteiger partial charge in [-0.25, -0.2) is 13.6 Å². The number of amides is 3. The van der Waals surface area contributed by atoms with Gasteiger partial charge in [-0.05, 0) is 11.6 Å². The zero-order valence-electron chi connectivity index (χ0n) is 13.6. The second kappa shape index (κ2) is 8.58. The number of para-hydroxylation sites is 1. The topological polar surface area (TPSA) is 64.7 Å². The van der Waals surface area contributed by atoms with E-state index in [1.54, 1.807) is 24.0 Å². The van der Waals surface area contributed by atoms with Gasteiger partial charge in [0, 0.05) is 45.3 Å². The molecule has 8 heteroatoms. The molecule has 1 aliphatic rings. The number of nitrogens with zero attached hydrogens (tertiary/aromatic N) is 2. The van der Waals surface area contributed by atoms with Crippen molar-refractivity contribution in [2.75, 3.05) is 38.0 Å². The maximum atomic E-state index is 12.1. The van der Waals surface area contributed by atoms with Crippen molar-refractivity contribution in [1.82, 2.24) is 15.1 Å². The number of hydrogen-bond acceptors (Lipinski definition) is 3. The monoisotopic (exact) mass is 340 g/mol. The van der Waals surface area contributed by atoms with E-state index >= 15 is 0 Å². The van der Waals surface area contributed by atoms with Crippen LogP contribution in [0.25, 0.3) is 0 Å². The van der Waals surface area contributed by atoms with Gasteiger partial charge in [0.15, 0.2) is 0 Å². The predicted molar refractivity (Wildman–Crippen MR) is 87.0 cm³/mol. The average molecular weight is 340 g/mol. The van der Waals surface area contributed by atoms with E-state index in [1.807, 2.05) is 12.1 Å². The van der Waals surface area contributed by atoms with Gasteiger partial charge in [0.1, 0.15) is 0 Å². The summed E-state index contributed by atoms with van der Waals surface area (Å²) in [6, 6.07) is 6.62. The van der Waals surface area contributed by atoms with Gasteiger partial charge in [-0.3, -0.25) is 9.69 Å². The number of carbonyl (C=O) groups is 2. The van der Waals surface area contributed by atoms with Gasteiger partial charge in [0.05, 0.1) is 6.54 Å². The lowest BCUT2D eigenvalue weighted by Crippen LogP contribution is -2.47. The Hall–Kier alpha value is -2.22. The highest BCUT2D eigenvalue weighted by molar-refractivity contribution is 5.90. The van der Waals surface area contributed by atoms with Crippen molar-refractivity contribution < 1.29 is 18.4 Å². The van der Waals surface area contributed by atoms with Crippen molar-refractivity contribution >= 4 is 17.6 Å². The summed E-state index contributed by atoms with van der Waals surface area (Å²) < 4.78 is 24.3. The Morgan fingerprint density at radius 1 is 1.17 bits per heavy atom. The summed E-state index contributed by atoms with van der Waals surface area (Å²) in [6.45, 7) is 4.38. The second-order valence-electron chi connectivity index (χ2n) is 5.67. The Kier molecular flexibility index (Phi) is 6.48. The molecule has 2 N–H and O–H groups in total. The van der Waals surface area contributed by atoms with Gasteiger partial charge in [-0.15, -0.1) is 0 Å². The molecule has 0 atom stereocenters. The van der Waals surface area contributed by atoms with Crippen LogP contribution in [-0.4, -0.2) is 60.9 Å². The molecule has 1 aliphatic heterocycles. The number of rotatable bonds is 5. The van der Waals surface area contributed by atoms with E-state index in [2.05, 4.69) is 15.5 Å². The molecule has 0 saturated carbocycles. The van der Waals surface area contributed by atoms with Gasteiger partial charge in [0.2, 0.25) is 5.91 Å². The van der Waals surface area contributed by atoms with E-state index in [1.165, 1.54) is 0 Å². The minimum absolute atomic E-state index is 0.0763. The van der Waals surface area contributed by atoms with Gasteiger partial charge in [-0.2, -0.15) is 0 Å².